The quantitative estimate of drug-likeness (QED) is 0.857. The molecule has 1 aromatic heterocycles. The molecule has 0 spiro atoms. The Labute approximate surface area is 126 Å². The van der Waals surface area contributed by atoms with Crippen molar-refractivity contribution in [1.29, 1.82) is 0 Å². The molecule has 0 fully saturated rings. The van der Waals surface area contributed by atoms with Crippen LogP contribution in [-0.2, 0) is 4.79 Å². The van der Waals surface area contributed by atoms with Crippen molar-refractivity contribution < 1.29 is 13.6 Å². The zero-order chi connectivity index (χ0) is 15.7. The number of amides is 1. The summed E-state index contributed by atoms with van der Waals surface area (Å²) in [5.74, 6) is -2.13. The van der Waals surface area contributed by atoms with Crippen molar-refractivity contribution in [2.24, 2.45) is 11.7 Å². The molecule has 0 aliphatic heterocycles. The summed E-state index contributed by atoms with van der Waals surface area (Å²) in [6.07, 6.45) is 6.50. The van der Waals surface area contributed by atoms with Gasteiger partial charge < -0.3 is 11.1 Å². The van der Waals surface area contributed by atoms with Crippen LogP contribution in [-0.4, -0.2) is 16.9 Å². The normalized spacial score (nSPS) is 21.0. The minimum absolute atomic E-state index is 0.0911. The van der Waals surface area contributed by atoms with Gasteiger partial charge in [0.1, 0.15) is 11.3 Å². The highest BCUT2D eigenvalue weighted by atomic mass is 19.1. The Morgan fingerprint density at radius 1 is 1.27 bits per heavy atom. The SMILES string of the molecule is NC(=O)[C@@H]1CC=CC[C@H]1Nc1ccnc2c(F)cc(F)cc12. The lowest BCUT2D eigenvalue weighted by Crippen LogP contribution is -2.39. The van der Waals surface area contributed by atoms with Crippen LogP contribution in [0.5, 0.6) is 0 Å². The van der Waals surface area contributed by atoms with E-state index in [1.165, 1.54) is 12.3 Å². The van der Waals surface area contributed by atoms with Gasteiger partial charge in [0.05, 0.1) is 5.92 Å². The number of fused-ring (bicyclic) bond motifs is 1. The number of hydrogen-bond acceptors (Lipinski definition) is 3. The molecule has 3 rings (SSSR count). The molecular formula is C16H15F2N3O. The van der Waals surface area contributed by atoms with Crippen molar-refractivity contribution in [3.8, 4) is 0 Å². The van der Waals surface area contributed by atoms with Gasteiger partial charge in [-0.2, -0.15) is 0 Å². The molecule has 1 aliphatic carbocycles. The summed E-state index contributed by atoms with van der Waals surface area (Å²) in [5, 5.41) is 3.53. The number of hydrogen-bond donors (Lipinski definition) is 2. The molecule has 6 heteroatoms. The molecule has 4 nitrogen and oxygen atoms in total. The highest BCUT2D eigenvalue weighted by Crippen LogP contribution is 2.29. The van der Waals surface area contributed by atoms with Crippen LogP contribution in [0.3, 0.4) is 0 Å². The van der Waals surface area contributed by atoms with Crippen LogP contribution in [0.1, 0.15) is 12.8 Å². The monoisotopic (exact) mass is 303 g/mol. The number of aromatic nitrogens is 1. The average Bonchev–Trinajstić information content (AvgIpc) is 2.48. The molecular weight excluding hydrogens is 288 g/mol. The van der Waals surface area contributed by atoms with Crippen LogP contribution in [0.15, 0.2) is 36.5 Å². The van der Waals surface area contributed by atoms with Crippen LogP contribution < -0.4 is 11.1 Å². The van der Waals surface area contributed by atoms with Gasteiger partial charge in [0.25, 0.3) is 0 Å². The van der Waals surface area contributed by atoms with E-state index in [9.17, 15) is 13.6 Å². The number of pyridine rings is 1. The third-order valence-electron chi connectivity index (χ3n) is 3.90. The number of allylic oxidation sites excluding steroid dienone is 1. The van der Waals surface area contributed by atoms with Gasteiger partial charge in [-0.3, -0.25) is 9.78 Å². The fourth-order valence-corrected chi connectivity index (χ4v) is 2.79. The molecule has 1 aromatic carbocycles. The topological polar surface area (TPSA) is 68.0 Å². The summed E-state index contributed by atoms with van der Waals surface area (Å²) in [7, 11) is 0. The Morgan fingerprint density at radius 3 is 2.82 bits per heavy atom. The van der Waals surface area contributed by atoms with Gasteiger partial charge in [-0.1, -0.05) is 12.2 Å². The van der Waals surface area contributed by atoms with Gasteiger partial charge in [0.15, 0.2) is 5.82 Å². The predicted octanol–water partition coefficient (Wildman–Crippen LogP) is 2.75. The maximum absolute atomic E-state index is 13.8. The smallest absolute Gasteiger partial charge is 0.222 e. The van der Waals surface area contributed by atoms with E-state index < -0.39 is 17.5 Å². The number of anilines is 1. The summed E-state index contributed by atoms with van der Waals surface area (Å²) in [5.41, 5.74) is 6.06. The zero-order valence-electron chi connectivity index (χ0n) is 11.7. The third-order valence-corrected chi connectivity index (χ3v) is 3.90. The summed E-state index contributed by atoms with van der Waals surface area (Å²) in [4.78, 5) is 15.5. The lowest BCUT2D eigenvalue weighted by molar-refractivity contribution is -0.122. The fourth-order valence-electron chi connectivity index (χ4n) is 2.79. The predicted molar refractivity (Wildman–Crippen MR) is 80.1 cm³/mol. The molecule has 114 valence electrons. The second-order valence-corrected chi connectivity index (χ2v) is 5.34. The zero-order valence-corrected chi connectivity index (χ0v) is 11.7. The van der Waals surface area contributed by atoms with Gasteiger partial charge >= 0.3 is 0 Å². The van der Waals surface area contributed by atoms with Crippen molar-refractivity contribution in [3.63, 3.8) is 0 Å². The summed E-state index contributed by atoms with van der Waals surface area (Å²) in [6, 6.07) is 3.46. The molecule has 22 heavy (non-hydrogen) atoms. The summed E-state index contributed by atoms with van der Waals surface area (Å²) >= 11 is 0. The molecule has 2 aromatic rings. The first-order valence-corrected chi connectivity index (χ1v) is 7.01. The molecule has 1 amide bonds. The van der Waals surface area contributed by atoms with Gasteiger partial charge in [-0.25, -0.2) is 8.78 Å². The largest absolute Gasteiger partial charge is 0.381 e. The van der Waals surface area contributed by atoms with E-state index in [0.717, 1.165) is 6.07 Å². The maximum Gasteiger partial charge on any atom is 0.222 e. The molecule has 1 aliphatic rings. The van der Waals surface area contributed by atoms with Gasteiger partial charge in [-0.15, -0.1) is 0 Å². The summed E-state index contributed by atoms with van der Waals surface area (Å²) in [6.45, 7) is 0. The van der Waals surface area contributed by atoms with Crippen LogP contribution >= 0.6 is 0 Å². The summed E-state index contributed by atoms with van der Waals surface area (Å²) < 4.78 is 27.3. The number of halogens is 2. The van der Waals surface area contributed by atoms with E-state index in [0.29, 0.717) is 23.9 Å². The van der Waals surface area contributed by atoms with Crippen molar-refractivity contribution >= 4 is 22.5 Å². The minimum atomic E-state index is -0.714. The number of benzene rings is 1. The van der Waals surface area contributed by atoms with Gasteiger partial charge in [-0.05, 0) is 25.0 Å². The second kappa shape index (κ2) is 5.71. The lowest BCUT2D eigenvalue weighted by atomic mass is 9.88. The van der Waals surface area contributed by atoms with Crippen molar-refractivity contribution in [2.45, 2.75) is 18.9 Å². The van der Waals surface area contributed by atoms with Crippen molar-refractivity contribution in [1.82, 2.24) is 4.98 Å². The van der Waals surface area contributed by atoms with Crippen LogP contribution in [0, 0.1) is 17.6 Å². The number of carbonyl (C=O) groups excluding carboxylic acids is 1. The Bertz CT molecular complexity index is 760. The number of rotatable bonds is 3. The molecule has 0 bridgehead atoms. The first-order valence-electron chi connectivity index (χ1n) is 7.01. The van der Waals surface area contributed by atoms with E-state index in [1.54, 1.807) is 6.07 Å². The Balaban J connectivity index is 2.00. The fraction of sp³-hybridized carbons (Fsp3) is 0.250. The first kappa shape index (κ1) is 14.4. The molecule has 3 N–H and O–H groups in total. The van der Waals surface area contributed by atoms with E-state index in [2.05, 4.69) is 10.3 Å². The highest BCUT2D eigenvalue weighted by molar-refractivity contribution is 5.92. The van der Waals surface area contributed by atoms with E-state index in [-0.39, 0.29) is 17.5 Å². The van der Waals surface area contributed by atoms with E-state index >= 15 is 0 Å². The van der Waals surface area contributed by atoms with Gasteiger partial charge in [0, 0.05) is 29.4 Å². The molecule has 0 unspecified atom stereocenters. The lowest BCUT2D eigenvalue weighted by Gasteiger charge is -2.28. The van der Waals surface area contributed by atoms with E-state index in [1.807, 2.05) is 12.2 Å². The van der Waals surface area contributed by atoms with Crippen molar-refractivity contribution in [3.05, 3.63) is 48.2 Å². The van der Waals surface area contributed by atoms with Gasteiger partial charge in [0.2, 0.25) is 5.91 Å². The minimum Gasteiger partial charge on any atom is -0.381 e. The van der Waals surface area contributed by atoms with E-state index in [4.69, 9.17) is 5.73 Å². The second-order valence-electron chi connectivity index (χ2n) is 5.34. The Morgan fingerprint density at radius 2 is 2.05 bits per heavy atom. The molecule has 0 saturated heterocycles. The number of nitrogens with one attached hydrogen (secondary N) is 1. The molecule has 0 saturated carbocycles. The Kier molecular flexibility index (Phi) is 3.75. The third kappa shape index (κ3) is 2.64. The highest BCUT2D eigenvalue weighted by Gasteiger charge is 2.27. The van der Waals surface area contributed by atoms with Crippen LogP contribution in [0.25, 0.3) is 10.9 Å². The number of nitrogens with zero attached hydrogens (tertiary/aromatic N) is 1. The molecule has 2 atom stereocenters. The number of carbonyl (C=O) groups is 1. The standard InChI is InChI=1S/C16H15F2N3O/c17-9-7-11-14(5-6-20-15(11)12(18)8-9)21-13-4-2-1-3-10(13)16(19)22/h1-2,5-8,10,13H,3-4H2,(H2,19,22)(H,20,21)/t10-,13-/m1/s1. The average molecular weight is 303 g/mol. The molecule has 0 radical (unpaired) electrons. The number of nitrogens with two attached hydrogens (primary N) is 1. The van der Waals surface area contributed by atoms with Crippen LogP contribution in [0.2, 0.25) is 0 Å². The van der Waals surface area contributed by atoms with Crippen molar-refractivity contribution in [2.75, 3.05) is 5.32 Å². The number of primary amides is 1. The maximum atomic E-state index is 13.8. The Hall–Kier alpha value is -2.50. The molecule has 1 heterocycles. The first-order chi connectivity index (χ1) is 10.6. The van der Waals surface area contributed by atoms with Crippen LogP contribution in [0.4, 0.5) is 14.5 Å².